The molecule has 0 fully saturated rings. The van der Waals surface area contributed by atoms with Crippen LogP contribution in [0.2, 0.25) is 0 Å². The average molecular weight is 476 g/mol. The zero-order valence-corrected chi connectivity index (χ0v) is 19.4. The van der Waals surface area contributed by atoms with Gasteiger partial charge in [0.2, 0.25) is 0 Å². The van der Waals surface area contributed by atoms with Gasteiger partial charge < -0.3 is 10.4 Å². The first kappa shape index (κ1) is 25.1. The average Bonchev–Trinajstić information content (AvgIpc) is 3.14. The molecule has 0 saturated carbocycles. The number of aliphatic hydroxyl groups excluding tert-OH is 1. The lowest BCUT2D eigenvalue weighted by Crippen LogP contribution is -2.26. The SMILES string of the molecule is C/C=C\C(c1cccc(C(=O)NCCO)c1)C1SC(Cc2cccc(C(F)(F)F)c2)=CC1C. The minimum Gasteiger partial charge on any atom is -0.395 e. The van der Waals surface area contributed by atoms with E-state index in [0.29, 0.717) is 17.5 Å². The predicted octanol–water partition coefficient (Wildman–Crippen LogP) is 5.97. The Morgan fingerprint density at radius 1 is 1.21 bits per heavy atom. The van der Waals surface area contributed by atoms with Gasteiger partial charge in [0.05, 0.1) is 12.2 Å². The maximum atomic E-state index is 13.1. The van der Waals surface area contributed by atoms with Crippen molar-refractivity contribution >= 4 is 17.7 Å². The van der Waals surface area contributed by atoms with Gasteiger partial charge in [0, 0.05) is 29.7 Å². The van der Waals surface area contributed by atoms with E-state index in [0.717, 1.165) is 16.5 Å². The quantitative estimate of drug-likeness (QED) is 0.463. The summed E-state index contributed by atoms with van der Waals surface area (Å²) in [6.07, 6.45) is 2.35. The number of allylic oxidation sites excluding steroid dienone is 4. The molecule has 7 heteroatoms. The van der Waals surface area contributed by atoms with E-state index in [2.05, 4.69) is 24.4 Å². The molecule has 0 bridgehead atoms. The molecule has 3 unspecified atom stereocenters. The van der Waals surface area contributed by atoms with Gasteiger partial charge in [-0.25, -0.2) is 0 Å². The molecular formula is C26H28F3NO2S. The van der Waals surface area contributed by atoms with Gasteiger partial charge >= 0.3 is 6.18 Å². The van der Waals surface area contributed by atoms with Crippen molar-refractivity contribution in [1.29, 1.82) is 0 Å². The van der Waals surface area contributed by atoms with Crippen LogP contribution in [-0.2, 0) is 12.6 Å². The van der Waals surface area contributed by atoms with Crippen molar-refractivity contribution in [2.75, 3.05) is 13.2 Å². The summed E-state index contributed by atoms with van der Waals surface area (Å²) in [5, 5.41) is 11.8. The molecule has 2 N–H and O–H groups in total. The Kier molecular flexibility index (Phi) is 8.43. The topological polar surface area (TPSA) is 49.3 Å². The van der Waals surface area contributed by atoms with Crippen LogP contribution in [0.5, 0.6) is 0 Å². The summed E-state index contributed by atoms with van der Waals surface area (Å²) < 4.78 is 39.2. The van der Waals surface area contributed by atoms with Crippen molar-refractivity contribution in [3.8, 4) is 0 Å². The first-order valence-electron chi connectivity index (χ1n) is 10.9. The maximum Gasteiger partial charge on any atom is 0.416 e. The summed E-state index contributed by atoms with van der Waals surface area (Å²) in [6.45, 7) is 4.14. The number of hydrogen-bond donors (Lipinski definition) is 2. The number of carbonyl (C=O) groups is 1. The Morgan fingerprint density at radius 3 is 2.67 bits per heavy atom. The highest BCUT2D eigenvalue weighted by atomic mass is 32.2. The third kappa shape index (κ3) is 6.51. The molecule has 1 aliphatic rings. The van der Waals surface area contributed by atoms with Gasteiger partial charge in [0.25, 0.3) is 5.91 Å². The molecule has 0 aliphatic carbocycles. The van der Waals surface area contributed by atoms with Gasteiger partial charge in [-0.15, -0.1) is 11.8 Å². The van der Waals surface area contributed by atoms with Gasteiger partial charge in [0.15, 0.2) is 0 Å². The third-order valence-corrected chi connectivity index (χ3v) is 7.15. The molecule has 176 valence electrons. The molecule has 0 aromatic heterocycles. The summed E-state index contributed by atoms with van der Waals surface area (Å²) in [4.78, 5) is 13.4. The van der Waals surface area contributed by atoms with Crippen LogP contribution in [-0.4, -0.2) is 29.4 Å². The molecule has 2 aromatic carbocycles. The number of nitrogens with one attached hydrogen (secondary N) is 1. The normalized spacial score (nSPS) is 19.5. The van der Waals surface area contributed by atoms with E-state index in [9.17, 15) is 18.0 Å². The number of carbonyl (C=O) groups excluding carboxylic acids is 1. The van der Waals surface area contributed by atoms with Crippen LogP contribution in [0.4, 0.5) is 13.2 Å². The summed E-state index contributed by atoms with van der Waals surface area (Å²) in [6, 6.07) is 12.9. The Morgan fingerprint density at radius 2 is 1.97 bits per heavy atom. The molecule has 0 radical (unpaired) electrons. The second-order valence-electron chi connectivity index (χ2n) is 8.11. The summed E-state index contributed by atoms with van der Waals surface area (Å²) >= 11 is 1.69. The molecule has 33 heavy (non-hydrogen) atoms. The number of halogens is 3. The van der Waals surface area contributed by atoms with Crippen LogP contribution in [0, 0.1) is 5.92 Å². The minimum atomic E-state index is -4.35. The summed E-state index contributed by atoms with van der Waals surface area (Å²) in [5.74, 6) is 0.0142. The van der Waals surface area contributed by atoms with Gasteiger partial charge in [-0.3, -0.25) is 4.79 Å². The minimum absolute atomic E-state index is 0.0378. The largest absolute Gasteiger partial charge is 0.416 e. The van der Waals surface area contributed by atoms with Crippen molar-refractivity contribution in [2.45, 2.75) is 37.6 Å². The molecular weight excluding hydrogens is 447 g/mol. The number of hydrogen-bond acceptors (Lipinski definition) is 3. The number of benzene rings is 2. The highest BCUT2D eigenvalue weighted by Crippen LogP contribution is 2.46. The van der Waals surface area contributed by atoms with E-state index < -0.39 is 11.7 Å². The van der Waals surface area contributed by atoms with Crippen molar-refractivity contribution in [1.82, 2.24) is 5.32 Å². The lowest BCUT2D eigenvalue weighted by atomic mass is 9.87. The van der Waals surface area contributed by atoms with Crippen LogP contribution >= 0.6 is 11.8 Å². The fourth-order valence-electron chi connectivity index (χ4n) is 4.05. The lowest BCUT2D eigenvalue weighted by molar-refractivity contribution is -0.137. The second-order valence-corrected chi connectivity index (χ2v) is 9.41. The number of amides is 1. The highest BCUT2D eigenvalue weighted by Gasteiger charge is 2.33. The lowest BCUT2D eigenvalue weighted by Gasteiger charge is -2.25. The van der Waals surface area contributed by atoms with E-state index in [-0.39, 0.29) is 36.1 Å². The first-order valence-corrected chi connectivity index (χ1v) is 11.8. The number of rotatable bonds is 8. The molecule has 3 nitrogen and oxygen atoms in total. The standard InChI is InChI=1S/C26H28F3NO2S/c1-3-6-23(19-8-5-9-20(16-19)25(32)30-11-12-31)24-17(2)13-22(33-24)15-18-7-4-10-21(14-18)26(27,28)29/h3-10,13-14,16-17,23-24,31H,11-12,15H2,1-2H3,(H,30,32)/b6-3-. The third-order valence-electron chi connectivity index (χ3n) is 5.57. The number of aliphatic hydroxyl groups is 1. The van der Waals surface area contributed by atoms with Crippen LogP contribution in [0.3, 0.4) is 0 Å². The Balaban J connectivity index is 1.78. The zero-order chi connectivity index (χ0) is 24.0. The molecule has 3 atom stereocenters. The van der Waals surface area contributed by atoms with Crippen LogP contribution in [0.15, 0.2) is 71.7 Å². The van der Waals surface area contributed by atoms with Crippen LogP contribution < -0.4 is 5.32 Å². The monoisotopic (exact) mass is 475 g/mol. The molecule has 1 aliphatic heterocycles. The Hall–Kier alpha value is -2.51. The van der Waals surface area contributed by atoms with Gasteiger partial charge in [-0.2, -0.15) is 13.2 Å². The van der Waals surface area contributed by atoms with Crippen LogP contribution in [0.1, 0.15) is 46.8 Å². The Bertz CT molecular complexity index is 1030. The first-order chi connectivity index (χ1) is 15.7. The molecule has 2 aromatic rings. The van der Waals surface area contributed by atoms with Crippen molar-refractivity contribution in [3.05, 3.63) is 93.9 Å². The van der Waals surface area contributed by atoms with E-state index in [1.807, 2.05) is 31.2 Å². The van der Waals surface area contributed by atoms with E-state index in [4.69, 9.17) is 5.11 Å². The smallest absolute Gasteiger partial charge is 0.395 e. The predicted molar refractivity (Wildman–Crippen MR) is 127 cm³/mol. The molecule has 0 saturated heterocycles. The van der Waals surface area contributed by atoms with Gasteiger partial charge in [-0.1, -0.05) is 55.5 Å². The fourth-order valence-corrected chi connectivity index (χ4v) is 5.63. The Labute approximate surface area is 196 Å². The van der Waals surface area contributed by atoms with E-state index in [1.165, 1.54) is 12.1 Å². The summed E-state index contributed by atoms with van der Waals surface area (Å²) in [5.41, 5.74) is 1.55. The molecule has 0 spiro atoms. The van der Waals surface area contributed by atoms with Gasteiger partial charge in [0.1, 0.15) is 0 Å². The zero-order valence-electron chi connectivity index (χ0n) is 18.6. The maximum absolute atomic E-state index is 13.1. The molecule has 3 rings (SSSR count). The van der Waals surface area contributed by atoms with Crippen molar-refractivity contribution in [2.24, 2.45) is 5.92 Å². The van der Waals surface area contributed by atoms with E-state index >= 15 is 0 Å². The number of thioether (sulfide) groups is 1. The van der Waals surface area contributed by atoms with Gasteiger partial charge in [-0.05, 0) is 47.1 Å². The van der Waals surface area contributed by atoms with Crippen LogP contribution in [0.25, 0.3) is 0 Å². The second kappa shape index (κ2) is 11.1. The molecule has 1 heterocycles. The van der Waals surface area contributed by atoms with E-state index in [1.54, 1.807) is 23.9 Å². The molecule has 1 amide bonds. The fraction of sp³-hybridized carbons (Fsp3) is 0.346. The highest BCUT2D eigenvalue weighted by molar-refractivity contribution is 8.04. The summed E-state index contributed by atoms with van der Waals surface area (Å²) in [7, 11) is 0. The van der Waals surface area contributed by atoms with Crippen molar-refractivity contribution in [3.63, 3.8) is 0 Å². The number of alkyl halides is 3. The van der Waals surface area contributed by atoms with Crippen molar-refractivity contribution < 1.29 is 23.1 Å².